The van der Waals surface area contributed by atoms with Gasteiger partial charge in [-0.15, -0.1) is 0 Å². The maximum absolute atomic E-state index is 10.5. The second kappa shape index (κ2) is 3.66. The van der Waals surface area contributed by atoms with Crippen LogP contribution in [0.2, 0.25) is 0 Å². The number of ether oxygens (including phenoxy) is 1. The Bertz CT molecular complexity index is 534. The van der Waals surface area contributed by atoms with E-state index in [1.54, 1.807) is 12.1 Å². The van der Waals surface area contributed by atoms with Gasteiger partial charge in [0.05, 0.1) is 4.92 Å². The molecule has 0 saturated heterocycles. The molecule has 0 amide bonds. The molecule has 0 bridgehead atoms. The van der Waals surface area contributed by atoms with Gasteiger partial charge < -0.3 is 4.74 Å². The molecule has 1 heterocycles. The molecule has 0 atom stereocenters. The third kappa shape index (κ3) is 1.79. The van der Waals surface area contributed by atoms with Gasteiger partial charge in [0.2, 0.25) is 0 Å². The van der Waals surface area contributed by atoms with Crippen LogP contribution in [0.3, 0.4) is 0 Å². The summed E-state index contributed by atoms with van der Waals surface area (Å²) < 4.78 is 5.38. The van der Waals surface area contributed by atoms with Crippen LogP contribution in [0.5, 0.6) is 5.06 Å². The van der Waals surface area contributed by atoms with E-state index in [1.165, 1.54) is 23.5 Å². The van der Waals surface area contributed by atoms with Gasteiger partial charge in [-0.1, -0.05) is 11.3 Å². The molecule has 6 heteroatoms. The van der Waals surface area contributed by atoms with Gasteiger partial charge >= 0.3 is 0 Å². The summed E-state index contributed by atoms with van der Waals surface area (Å²) in [5, 5.41) is 11.8. The van der Waals surface area contributed by atoms with Crippen LogP contribution in [0.1, 0.15) is 0 Å². The van der Waals surface area contributed by atoms with Crippen LogP contribution < -0.4 is 4.74 Å². The first kappa shape index (κ1) is 9.60. The van der Waals surface area contributed by atoms with E-state index in [9.17, 15) is 14.9 Å². The van der Waals surface area contributed by atoms with Gasteiger partial charge in [0, 0.05) is 22.9 Å². The Kier molecular flexibility index (Phi) is 2.34. The SMILES string of the molecule is O=COc1cc2ccc([N+](=O)[O-])cc2s1. The van der Waals surface area contributed by atoms with Gasteiger partial charge in [0.25, 0.3) is 12.2 Å². The Morgan fingerprint density at radius 3 is 2.87 bits per heavy atom. The average Bonchev–Trinajstić information content (AvgIpc) is 2.59. The maximum Gasteiger partial charge on any atom is 0.299 e. The molecule has 0 unspecified atom stereocenters. The summed E-state index contributed by atoms with van der Waals surface area (Å²) in [6.45, 7) is 0.332. The molecular formula is C9H5NO4S. The Morgan fingerprint density at radius 1 is 1.40 bits per heavy atom. The van der Waals surface area contributed by atoms with Crippen LogP contribution >= 0.6 is 11.3 Å². The van der Waals surface area contributed by atoms with Crippen LogP contribution in [0.4, 0.5) is 5.69 Å². The maximum atomic E-state index is 10.5. The number of carbonyl (C=O) groups is 1. The normalized spacial score (nSPS) is 10.1. The minimum atomic E-state index is -0.459. The van der Waals surface area contributed by atoms with Gasteiger partial charge in [0.15, 0.2) is 5.06 Å². The van der Waals surface area contributed by atoms with Gasteiger partial charge in [-0.2, -0.15) is 0 Å². The standard InChI is InChI=1S/C9H5NO4S/c11-5-14-9-3-6-1-2-7(10(12)13)4-8(6)15-9/h1-5H. The number of nitro benzene ring substituents is 1. The first-order chi connectivity index (χ1) is 7.20. The number of non-ortho nitro benzene ring substituents is 1. The van der Waals surface area contributed by atoms with E-state index < -0.39 is 4.92 Å². The number of thiophene rings is 1. The molecular weight excluding hydrogens is 218 g/mol. The van der Waals surface area contributed by atoms with Crippen molar-refractivity contribution in [1.29, 1.82) is 0 Å². The zero-order valence-corrected chi connectivity index (χ0v) is 8.19. The van der Waals surface area contributed by atoms with Crippen LogP contribution in [-0.4, -0.2) is 11.4 Å². The largest absolute Gasteiger partial charge is 0.418 e. The first-order valence-electron chi connectivity index (χ1n) is 3.99. The molecule has 2 rings (SSSR count). The van der Waals surface area contributed by atoms with E-state index in [0.717, 1.165) is 10.1 Å². The molecule has 1 aromatic heterocycles. The van der Waals surface area contributed by atoms with Crippen molar-refractivity contribution in [3.05, 3.63) is 34.4 Å². The van der Waals surface area contributed by atoms with E-state index in [4.69, 9.17) is 0 Å². The summed E-state index contributed by atoms with van der Waals surface area (Å²) in [7, 11) is 0. The molecule has 15 heavy (non-hydrogen) atoms. The zero-order chi connectivity index (χ0) is 10.8. The lowest BCUT2D eigenvalue weighted by Gasteiger charge is -1.89. The zero-order valence-electron chi connectivity index (χ0n) is 7.38. The van der Waals surface area contributed by atoms with Crippen LogP contribution in [0.25, 0.3) is 10.1 Å². The van der Waals surface area contributed by atoms with Crippen molar-refractivity contribution in [3.8, 4) is 5.06 Å². The van der Waals surface area contributed by atoms with E-state index in [1.807, 2.05) is 0 Å². The van der Waals surface area contributed by atoms with Crippen molar-refractivity contribution >= 4 is 33.6 Å². The summed E-state index contributed by atoms with van der Waals surface area (Å²) in [5.74, 6) is 0. The van der Waals surface area contributed by atoms with Gasteiger partial charge in [-0.25, -0.2) is 0 Å². The van der Waals surface area contributed by atoms with Gasteiger partial charge in [0.1, 0.15) is 0 Å². The lowest BCUT2D eigenvalue weighted by atomic mass is 10.2. The summed E-state index contributed by atoms with van der Waals surface area (Å²) in [5.41, 5.74) is 0.0296. The van der Waals surface area contributed by atoms with Gasteiger partial charge in [-0.05, 0) is 11.5 Å². The molecule has 0 saturated carbocycles. The third-order valence-corrected chi connectivity index (χ3v) is 2.84. The van der Waals surface area contributed by atoms with Crippen molar-refractivity contribution in [2.75, 3.05) is 0 Å². The van der Waals surface area contributed by atoms with E-state index >= 15 is 0 Å². The predicted octanol–water partition coefficient (Wildman–Crippen LogP) is 2.34. The fraction of sp³-hybridized carbons (Fsp3) is 0. The highest BCUT2D eigenvalue weighted by Gasteiger charge is 2.09. The molecule has 5 nitrogen and oxygen atoms in total. The quantitative estimate of drug-likeness (QED) is 0.455. The van der Waals surface area contributed by atoms with E-state index in [-0.39, 0.29) is 5.69 Å². The van der Waals surface area contributed by atoms with Crippen molar-refractivity contribution in [3.63, 3.8) is 0 Å². The molecule has 0 N–H and O–H groups in total. The fourth-order valence-corrected chi connectivity index (χ4v) is 2.13. The topological polar surface area (TPSA) is 69.4 Å². The molecule has 0 radical (unpaired) electrons. The first-order valence-corrected chi connectivity index (χ1v) is 4.80. The molecule has 0 aliphatic rings. The van der Waals surface area contributed by atoms with Crippen LogP contribution in [-0.2, 0) is 4.79 Å². The molecule has 0 aliphatic carbocycles. The molecule has 0 aliphatic heterocycles. The van der Waals surface area contributed by atoms with Crippen molar-refractivity contribution in [2.24, 2.45) is 0 Å². The number of carbonyl (C=O) groups excluding carboxylic acids is 1. The van der Waals surface area contributed by atoms with Crippen LogP contribution in [0, 0.1) is 10.1 Å². The minimum absolute atomic E-state index is 0.0296. The lowest BCUT2D eigenvalue weighted by Crippen LogP contribution is -1.85. The summed E-state index contributed by atoms with van der Waals surface area (Å²) in [6.07, 6.45) is 0. The predicted molar refractivity (Wildman–Crippen MR) is 55.2 cm³/mol. The summed E-state index contributed by atoms with van der Waals surface area (Å²) >= 11 is 1.20. The fourth-order valence-electron chi connectivity index (χ4n) is 1.21. The van der Waals surface area contributed by atoms with Crippen molar-refractivity contribution in [2.45, 2.75) is 0 Å². The molecule has 1 aromatic carbocycles. The Morgan fingerprint density at radius 2 is 2.20 bits per heavy atom. The third-order valence-electron chi connectivity index (χ3n) is 1.86. The lowest BCUT2D eigenvalue weighted by molar-refractivity contribution is -0.384. The van der Waals surface area contributed by atoms with E-state index in [0.29, 0.717) is 11.5 Å². The van der Waals surface area contributed by atoms with Gasteiger partial charge in [-0.3, -0.25) is 14.9 Å². The number of hydrogen-bond donors (Lipinski definition) is 0. The Balaban J connectivity index is 2.51. The summed E-state index contributed by atoms with van der Waals surface area (Å²) in [4.78, 5) is 20.1. The number of fused-ring (bicyclic) bond motifs is 1. The number of nitro groups is 1. The molecule has 0 spiro atoms. The Labute approximate surface area is 88.0 Å². The second-order valence-corrected chi connectivity index (χ2v) is 3.81. The monoisotopic (exact) mass is 223 g/mol. The molecule has 2 aromatic rings. The smallest absolute Gasteiger partial charge is 0.299 e. The number of benzene rings is 1. The highest BCUT2D eigenvalue weighted by atomic mass is 32.1. The molecule has 76 valence electrons. The number of rotatable bonds is 3. The number of nitrogens with zero attached hydrogens (tertiary/aromatic N) is 1. The van der Waals surface area contributed by atoms with Crippen molar-refractivity contribution < 1.29 is 14.5 Å². The number of hydrogen-bond acceptors (Lipinski definition) is 5. The second-order valence-electron chi connectivity index (χ2n) is 2.76. The average molecular weight is 223 g/mol. The van der Waals surface area contributed by atoms with E-state index in [2.05, 4.69) is 4.74 Å². The highest BCUT2D eigenvalue weighted by molar-refractivity contribution is 7.20. The van der Waals surface area contributed by atoms with Crippen molar-refractivity contribution in [1.82, 2.24) is 0 Å². The van der Waals surface area contributed by atoms with Crippen LogP contribution in [0.15, 0.2) is 24.3 Å². The molecule has 0 fully saturated rings. The minimum Gasteiger partial charge on any atom is -0.418 e. The highest BCUT2D eigenvalue weighted by Crippen LogP contribution is 2.33. The Hall–Kier alpha value is -1.95. The summed E-state index contributed by atoms with van der Waals surface area (Å²) in [6, 6.07) is 6.16.